The molecule has 2 aromatic carbocycles. The van der Waals surface area contributed by atoms with Crippen LogP contribution >= 0.6 is 0 Å². The Hall–Kier alpha value is -2.40. The lowest BCUT2D eigenvalue weighted by Gasteiger charge is -2.25. The molecule has 0 aliphatic heterocycles. The van der Waals surface area contributed by atoms with Gasteiger partial charge in [0.2, 0.25) is 0 Å². The van der Waals surface area contributed by atoms with Gasteiger partial charge in [0.25, 0.3) is 0 Å². The molecule has 1 N–H and O–H groups in total. The lowest BCUT2D eigenvalue weighted by atomic mass is 10.0. The second-order valence-electron chi connectivity index (χ2n) is 5.00. The summed E-state index contributed by atoms with van der Waals surface area (Å²) in [5.74, 6) is -3.86. The number of rotatable bonds is 7. The Bertz CT molecular complexity index is 639. The fourth-order valence-corrected chi connectivity index (χ4v) is 1.99. The van der Waals surface area contributed by atoms with Crippen LogP contribution in [0.1, 0.15) is 17.2 Å². The van der Waals surface area contributed by atoms with Crippen LogP contribution in [0.25, 0.3) is 0 Å². The largest absolute Gasteiger partial charge is 0.497 e. The molecule has 0 aromatic heterocycles. The first kappa shape index (κ1) is 17.0. The topological polar surface area (TPSA) is 38.7 Å². The van der Waals surface area contributed by atoms with Crippen LogP contribution < -0.4 is 4.74 Å². The van der Waals surface area contributed by atoms with E-state index in [1.54, 1.807) is 24.3 Å². The molecule has 0 bridgehead atoms. The molecular weight excluding hydrogens is 302 g/mol. The molecule has 0 saturated carbocycles. The first-order valence-corrected chi connectivity index (χ1v) is 7.01. The van der Waals surface area contributed by atoms with E-state index in [1.165, 1.54) is 31.4 Å². The highest BCUT2D eigenvalue weighted by Crippen LogP contribution is 2.38. The van der Waals surface area contributed by atoms with Crippen molar-refractivity contribution >= 4 is 0 Å². The Morgan fingerprint density at radius 3 is 2.30 bits per heavy atom. The monoisotopic (exact) mass is 320 g/mol. The predicted octanol–water partition coefficient (Wildman–Crippen LogP) is 4.09. The van der Waals surface area contributed by atoms with Crippen molar-refractivity contribution in [2.45, 2.75) is 18.6 Å². The van der Waals surface area contributed by atoms with Gasteiger partial charge in [-0.3, -0.25) is 0 Å². The van der Waals surface area contributed by atoms with E-state index in [9.17, 15) is 13.9 Å². The summed E-state index contributed by atoms with van der Waals surface area (Å²) in [6.07, 6.45) is -2.04. The molecule has 5 heteroatoms. The molecule has 0 amide bonds. The highest BCUT2D eigenvalue weighted by molar-refractivity contribution is 5.30. The molecule has 1 unspecified atom stereocenters. The summed E-state index contributed by atoms with van der Waals surface area (Å²) < 4.78 is 38.6. The van der Waals surface area contributed by atoms with Crippen LogP contribution in [-0.2, 0) is 11.3 Å². The van der Waals surface area contributed by atoms with Gasteiger partial charge in [-0.25, -0.2) is 0 Å². The minimum Gasteiger partial charge on any atom is -0.497 e. The smallest absolute Gasteiger partial charge is 0.332 e. The maximum absolute atomic E-state index is 14.3. The van der Waals surface area contributed by atoms with E-state index in [0.29, 0.717) is 5.75 Å². The molecule has 0 aliphatic carbocycles. The summed E-state index contributed by atoms with van der Waals surface area (Å²) in [7, 11) is 1.47. The first-order valence-electron chi connectivity index (χ1n) is 7.01. The zero-order chi connectivity index (χ0) is 16.9. The van der Waals surface area contributed by atoms with Crippen molar-refractivity contribution in [2.75, 3.05) is 7.11 Å². The second-order valence-corrected chi connectivity index (χ2v) is 5.00. The van der Waals surface area contributed by atoms with E-state index >= 15 is 0 Å². The molecule has 0 fully saturated rings. The van der Waals surface area contributed by atoms with Gasteiger partial charge >= 0.3 is 5.92 Å². The summed E-state index contributed by atoms with van der Waals surface area (Å²) in [4.78, 5) is 0. The van der Waals surface area contributed by atoms with Gasteiger partial charge in [-0.1, -0.05) is 49.0 Å². The van der Waals surface area contributed by atoms with Crippen LogP contribution in [0.15, 0.2) is 66.9 Å². The van der Waals surface area contributed by atoms with Gasteiger partial charge < -0.3 is 14.6 Å². The third-order valence-corrected chi connectivity index (χ3v) is 3.40. The quantitative estimate of drug-likeness (QED) is 0.781. The van der Waals surface area contributed by atoms with Gasteiger partial charge in [-0.2, -0.15) is 8.78 Å². The third-order valence-electron chi connectivity index (χ3n) is 3.40. The van der Waals surface area contributed by atoms with E-state index in [2.05, 4.69) is 6.58 Å². The normalized spacial score (nSPS) is 12.5. The number of aliphatic hydroxyl groups excluding tert-OH is 1. The van der Waals surface area contributed by atoms with Crippen molar-refractivity contribution in [2.24, 2.45) is 0 Å². The zero-order valence-corrected chi connectivity index (χ0v) is 12.7. The van der Waals surface area contributed by atoms with Crippen molar-refractivity contribution in [3.8, 4) is 5.75 Å². The van der Waals surface area contributed by atoms with E-state index in [4.69, 9.17) is 9.47 Å². The summed E-state index contributed by atoms with van der Waals surface area (Å²) in [6, 6.07) is 14.7. The van der Waals surface area contributed by atoms with Crippen LogP contribution in [-0.4, -0.2) is 18.1 Å². The fourth-order valence-electron chi connectivity index (χ4n) is 1.99. The minimum absolute atomic E-state index is 0.0371. The lowest BCUT2D eigenvalue weighted by molar-refractivity contribution is -0.115. The van der Waals surface area contributed by atoms with E-state index < -0.39 is 17.8 Å². The molecular formula is C18H18F2O3. The molecule has 2 rings (SSSR count). The fraction of sp³-hybridized carbons (Fsp3) is 0.222. The maximum atomic E-state index is 14.3. The van der Waals surface area contributed by atoms with Gasteiger partial charge in [-0.15, -0.1) is 0 Å². The number of ether oxygens (including phenoxy) is 2. The average molecular weight is 320 g/mol. The minimum atomic E-state index is -3.61. The summed E-state index contributed by atoms with van der Waals surface area (Å²) in [5, 5.41) is 9.95. The maximum Gasteiger partial charge on any atom is 0.332 e. The van der Waals surface area contributed by atoms with Crippen molar-refractivity contribution in [3.63, 3.8) is 0 Å². The summed E-state index contributed by atoms with van der Waals surface area (Å²) >= 11 is 0. The van der Waals surface area contributed by atoms with Crippen LogP contribution in [0.4, 0.5) is 8.78 Å². The number of methoxy groups -OCH3 is 1. The van der Waals surface area contributed by atoms with Crippen molar-refractivity contribution < 1.29 is 23.4 Å². The molecule has 0 spiro atoms. The SMILES string of the molecule is C=C(OCc1ccccc1)C(F)(F)C(O)c1ccc(OC)cc1. The second kappa shape index (κ2) is 7.24. The molecule has 0 heterocycles. The van der Waals surface area contributed by atoms with Crippen LogP contribution in [0, 0.1) is 0 Å². The Balaban J connectivity index is 2.04. The molecule has 3 nitrogen and oxygen atoms in total. The zero-order valence-electron chi connectivity index (χ0n) is 12.7. The molecule has 0 saturated heterocycles. The van der Waals surface area contributed by atoms with Crippen LogP contribution in [0.5, 0.6) is 5.75 Å². The van der Waals surface area contributed by atoms with Crippen LogP contribution in [0.2, 0.25) is 0 Å². The molecule has 1 atom stereocenters. The summed E-state index contributed by atoms with van der Waals surface area (Å²) in [6.45, 7) is 3.23. The lowest BCUT2D eigenvalue weighted by Crippen LogP contribution is -2.29. The molecule has 2 aromatic rings. The van der Waals surface area contributed by atoms with E-state index in [1.807, 2.05) is 6.07 Å². The molecule has 0 aliphatic rings. The Kier molecular flexibility index (Phi) is 5.34. The number of hydrogen-bond acceptors (Lipinski definition) is 3. The summed E-state index contributed by atoms with van der Waals surface area (Å²) in [5.41, 5.74) is 0.795. The van der Waals surface area contributed by atoms with Crippen molar-refractivity contribution in [3.05, 3.63) is 78.1 Å². The van der Waals surface area contributed by atoms with E-state index in [0.717, 1.165) is 5.56 Å². The van der Waals surface area contributed by atoms with Gasteiger partial charge in [0, 0.05) is 0 Å². The standard InChI is InChI=1S/C18H18F2O3/c1-13(23-12-14-6-4-3-5-7-14)18(19,20)17(21)15-8-10-16(22-2)11-9-15/h3-11,17,21H,1,12H2,2H3. The Morgan fingerprint density at radius 1 is 1.13 bits per heavy atom. The van der Waals surface area contributed by atoms with Gasteiger partial charge in [0.15, 0.2) is 11.9 Å². The highest BCUT2D eigenvalue weighted by Gasteiger charge is 2.44. The number of alkyl halides is 2. The molecule has 122 valence electrons. The highest BCUT2D eigenvalue weighted by atomic mass is 19.3. The van der Waals surface area contributed by atoms with Gasteiger partial charge in [-0.05, 0) is 23.3 Å². The predicted molar refractivity (Wildman–Crippen MR) is 83.3 cm³/mol. The number of benzene rings is 2. The molecule has 23 heavy (non-hydrogen) atoms. The number of halogens is 2. The Morgan fingerprint density at radius 2 is 1.74 bits per heavy atom. The first-order chi connectivity index (χ1) is 10.9. The van der Waals surface area contributed by atoms with Crippen molar-refractivity contribution in [1.82, 2.24) is 0 Å². The van der Waals surface area contributed by atoms with Gasteiger partial charge in [0.05, 0.1) is 7.11 Å². The number of hydrogen-bond donors (Lipinski definition) is 1. The average Bonchev–Trinajstić information content (AvgIpc) is 2.59. The molecule has 0 radical (unpaired) electrons. The van der Waals surface area contributed by atoms with Crippen molar-refractivity contribution in [1.29, 1.82) is 0 Å². The Labute approximate surface area is 133 Å². The van der Waals surface area contributed by atoms with E-state index in [-0.39, 0.29) is 12.2 Å². The third kappa shape index (κ3) is 4.07. The van der Waals surface area contributed by atoms with Gasteiger partial charge in [0.1, 0.15) is 12.4 Å². The van der Waals surface area contributed by atoms with Crippen LogP contribution in [0.3, 0.4) is 0 Å². The number of aliphatic hydroxyl groups is 1.